The molecular formula is C9H9KO3. The van der Waals surface area contributed by atoms with Crippen molar-refractivity contribution >= 4 is 63.1 Å². The summed E-state index contributed by atoms with van der Waals surface area (Å²) in [5.74, 6) is -1.45. The molecule has 0 aliphatic rings. The maximum absolute atomic E-state index is 11.1. The van der Waals surface area contributed by atoms with Gasteiger partial charge in [0.05, 0.1) is 0 Å². The average molecular weight is 204 g/mol. The van der Waals surface area contributed by atoms with Crippen molar-refractivity contribution in [3.8, 4) is 0 Å². The van der Waals surface area contributed by atoms with Gasteiger partial charge in [0.25, 0.3) is 0 Å². The number of Topliss-reactive ketones (excluding diaryl/α,β-unsaturated/α-hetero) is 1. The van der Waals surface area contributed by atoms with Crippen LogP contribution in [0.2, 0.25) is 0 Å². The second kappa shape index (κ2) is 6.45. The normalized spacial score (nSPS) is 8.62. The summed E-state index contributed by atoms with van der Waals surface area (Å²) in [6, 6.07) is 8.39. The molecular weight excluding hydrogens is 195 g/mol. The molecule has 0 aromatic heterocycles. The third kappa shape index (κ3) is 4.68. The predicted molar refractivity (Wildman–Crippen MR) is 50.2 cm³/mol. The molecule has 0 amide bonds. The molecule has 1 rings (SSSR count). The Bertz CT molecular complexity index is 295. The Kier molecular flexibility index (Phi) is 6.45. The maximum atomic E-state index is 11.1. The van der Waals surface area contributed by atoms with E-state index in [9.17, 15) is 9.59 Å². The molecule has 1 aromatic rings. The van der Waals surface area contributed by atoms with Gasteiger partial charge in [-0.05, 0) is 0 Å². The molecule has 0 bridgehead atoms. The number of hydrogen-bond donors (Lipinski definition) is 1. The Balaban J connectivity index is 0.00000144. The quantitative estimate of drug-likeness (QED) is 0.448. The fraction of sp³-hybridized carbons (Fsp3) is 0.111. The van der Waals surface area contributed by atoms with Crippen molar-refractivity contribution < 1.29 is 14.7 Å². The van der Waals surface area contributed by atoms with Crippen molar-refractivity contribution in [2.24, 2.45) is 0 Å². The fourth-order valence-electron chi connectivity index (χ4n) is 0.863. The summed E-state index contributed by atoms with van der Waals surface area (Å²) in [6.07, 6.45) is -0.440. The first-order valence-corrected chi connectivity index (χ1v) is 3.50. The summed E-state index contributed by atoms with van der Waals surface area (Å²) in [5, 5.41) is 8.32. The van der Waals surface area contributed by atoms with Crippen LogP contribution in [0.4, 0.5) is 0 Å². The first-order chi connectivity index (χ1) is 5.70. The van der Waals surface area contributed by atoms with E-state index in [-0.39, 0.29) is 57.2 Å². The minimum absolute atomic E-state index is 0. The molecule has 0 saturated carbocycles. The van der Waals surface area contributed by atoms with E-state index in [1.807, 2.05) is 0 Å². The molecule has 4 heteroatoms. The van der Waals surface area contributed by atoms with Gasteiger partial charge in [-0.1, -0.05) is 30.3 Å². The van der Waals surface area contributed by atoms with Gasteiger partial charge in [-0.3, -0.25) is 9.59 Å². The molecule has 0 aliphatic heterocycles. The monoisotopic (exact) mass is 204 g/mol. The van der Waals surface area contributed by atoms with Crippen molar-refractivity contribution in [2.45, 2.75) is 6.42 Å². The molecule has 13 heavy (non-hydrogen) atoms. The van der Waals surface area contributed by atoms with E-state index in [1.165, 1.54) is 0 Å². The molecule has 1 aromatic carbocycles. The number of carbonyl (C=O) groups excluding carboxylic acids is 1. The molecule has 0 unspecified atom stereocenters. The van der Waals surface area contributed by atoms with Crippen LogP contribution >= 0.6 is 0 Å². The molecule has 0 atom stereocenters. The van der Waals surface area contributed by atoms with Crippen LogP contribution in [0.15, 0.2) is 30.3 Å². The van der Waals surface area contributed by atoms with E-state index in [0.29, 0.717) is 5.56 Å². The van der Waals surface area contributed by atoms with Crippen molar-refractivity contribution in [3.05, 3.63) is 35.9 Å². The molecule has 0 heterocycles. The number of ketones is 1. The summed E-state index contributed by atoms with van der Waals surface area (Å²) in [5.41, 5.74) is 0.444. The Labute approximate surface area is 119 Å². The van der Waals surface area contributed by atoms with Gasteiger partial charge in [0.15, 0.2) is 5.78 Å². The summed E-state index contributed by atoms with van der Waals surface area (Å²) in [7, 11) is 0. The van der Waals surface area contributed by atoms with Crippen LogP contribution in [0.25, 0.3) is 0 Å². The summed E-state index contributed by atoms with van der Waals surface area (Å²) >= 11 is 0. The van der Waals surface area contributed by atoms with Crippen LogP contribution in [0, 0.1) is 0 Å². The average Bonchev–Trinajstić information content (AvgIpc) is 2.05. The van der Waals surface area contributed by atoms with Crippen LogP contribution in [-0.2, 0) is 4.79 Å². The van der Waals surface area contributed by atoms with Crippen LogP contribution in [0.1, 0.15) is 16.8 Å². The van der Waals surface area contributed by atoms with Crippen molar-refractivity contribution in [1.82, 2.24) is 0 Å². The summed E-state index contributed by atoms with van der Waals surface area (Å²) in [4.78, 5) is 21.2. The second-order valence-electron chi connectivity index (χ2n) is 2.36. The number of carboxylic acids is 1. The van der Waals surface area contributed by atoms with Gasteiger partial charge in [-0.2, -0.15) is 0 Å². The zero-order valence-corrected chi connectivity index (χ0v) is 6.36. The van der Waals surface area contributed by atoms with E-state index in [1.54, 1.807) is 30.3 Å². The van der Waals surface area contributed by atoms with Crippen molar-refractivity contribution in [3.63, 3.8) is 0 Å². The number of carboxylic acid groups (broad SMARTS) is 1. The van der Waals surface area contributed by atoms with E-state index < -0.39 is 12.4 Å². The Morgan fingerprint density at radius 2 is 1.69 bits per heavy atom. The number of benzene rings is 1. The molecule has 0 fully saturated rings. The summed E-state index contributed by atoms with van der Waals surface area (Å²) in [6.45, 7) is 0. The van der Waals surface area contributed by atoms with E-state index in [0.717, 1.165) is 0 Å². The van der Waals surface area contributed by atoms with E-state index >= 15 is 0 Å². The first-order valence-electron chi connectivity index (χ1n) is 3.50. The van der Waals surface area contributed by atoms with Crippen LogP contribution in [0.3, 0.4) is 0 Å². The van der Waals surface area contributed by atoms with Crippen molar-refractivity contribution in [1.29, 1.82) is 0 Å². The Hall–Kier alpha value is -0.00364. The number of rotatable bonds is 3. The molecule has 0 aliphatic carbocycles. The Morgan fingerprint density at radius 1 is 1.15 bits per heavy atom. The van der Waals surface area contributed by atoms with Gasteiger partial charge >= 0.3 is 57.4 Å². The molecule has 64 valence electrons. The van der Waals surface area contributed by atoms with E-state index in [4.69, 9.17) is 5.11 Å². The van der Waals surface area contributed by atoms with Crippen molar-refractivity contribution in [2.75, 3.05) is 0 Å². The molecule has 3 nitrogen and oxygen atoms in total. The number of carbonyl (C=O) groups is 2. The van der Waals surface area contributed by atoms with E-state index in [2.05, 4.69) is 0 Å². The van der Waals surface area contributed by atoms with Crippen LogP contribution in [-0.4, -0.2) is 68.2 Å². The summed E-state index contributed by atoms with van der Waals surface area (Å²) < 4.78 is 0. The topological polar surface area (TPSA) is 54.4 Å². The zero-order chi connectivity index (χ0) is 8.97. The molecule has 0 spiro atoms. The standard InChI is InChI=1S/C9H8O3.K.H/c10-8(6-9(11)12)7-4-2-1-3-5-7;;/h1-5H,6H2,(H,11,12);;. The zero-order valence-electron chi connectivity index (χ0n) is 6.36. The molecule has 1 N–H and O–H groups in total. The Morgan fingerprint density at radius 3 is 2.15 bits per heavy atom. The van der Waals surface area contributed by atoms with Gasteiger partial charge in [-0.15, -0.1) is 0 Å². The van der Waals surface area contributed by atoms with Gasteiger partial charge in [0.2, 0.25) is 0 Å². The van der Waals surface area contributed by atoms with Gasteiger partial charge < -0.3 is 5.11 Å². The van der Waals surface area contributed by atoms with Crippen LogP contribution in [0.5, 0.6) is 0 Å². The molecule has 0 saturated heterocycles. The van der Waals surface area contributed by atoms with Gasteiger partial charge in [0.1, 0.15) is 6.42 Å². The second-order valence-corrected chi connectivity index (χ2v) is 2.36. The number of hydrogen-bond acceptors (Lipinski definition) is 2. The van der Waals surface area contributed by atoms with Gasteiger partial charge in [-0.25, -0.2) is 0 Å². The molecule has 0 radical (unpaired) electrons. The first kappa shape index (κ1) is 13.0. The predicted octanol–water partition coefficient (Wildman–Crippen LogP) is 0.696. The van der Waals surface area contributed by atoms with Gasteiger partial charge in [0, 0.05) is 5.56 Å². The van der Waals surface area contributed by atoms with Crippen LogP contribution < -0.4 is 0 Å². The fourth-order valence-corrected chi connectivity index (χ4v) is 0.863. The SMILES string of the molecule is O=C(O)CC(=O)c1ccccc1.[KH]. The minimum atomic E-state index is -1.09. The third-order valence-electron chi connectivity index (χ3n) is 1.41. The number of aliphatic carboxylic acids is 1. The third-order valence-corrected chi connectivity index (χ3v) is 1.41.